The van der Waals surface area contributed by atoms with Gasteiger partial charge < -0.3 is 10.1 Å². The van der Waals surface area contributed by atoms with Crippen molar-refractivity contribution in [3.05, 3.63) is 35.9 Å². The molecule has 1 aromatic carbocycles. The average Bonchev–Trinajstić information content (AvgIpc) is 2.96. The highest BCUT2D eigenvalue weighted by Crippen LogP contribution is 2.44. The second kappa shape index (κ2) is 7.77. The summed E-state index contributed by atoms with van der Waals surface area (Å²) in [5.41, 5.74) is 1.32. The molecule has 3 aliphatic rings. The van der Waals surface area contributed by atoms with Crippen molar-refractivity contribution in [3.63, 3.8) is 0 Å². The fourth-order valence-electron chi connectivity index (χ4n) is 5.19. The molecule has 2 saturated heterocycles. The summed E-state index contributed by atoms with van der Waals surface area (Å²) in [4.78, 5) is 14.9. The second-order valence-corrected chi connectivity index (χ2v) is 8.02. The molecule has 4 nitrogen and oxygen atoms in total. The molecule has 1 aliphatic carbocycles. The van der Waals surface area contributed by atoms with Gasteiger partial charge in [-0.3, -0.25) is 4.90 Å². The van der Waals surface area contributed by atoms with Gasteiger partial charge in [0.05, 0.1) is 0 Å². The number of carbonyl (C=O) groups excluding carboxylic acids is 1. The Kier molecular flexibility index (Phi) is 5.25. The zero-order chi connectivity index (χ0) is 17.1. The van der Waals surface area contributed by atoms with E-state index in [4.69, 9.17) is 4.74 Å². The molecule has 1 amide bonds. The molecule has 2 heterocycles. The first-order valence-corrected chi connectivity index (χ1v) is 10.0. The number of piperidine rings is 2. The van der Waals surface area contributed by atoms with E-state index in [2.05, 4.69) is 34.5 Å². The molecule has 0 aromatic heterocycles. The fraction of sp³-hybridized carbons (Fsp3) is 0.667. The van der Waals surface area contributed by atoms with E-state index < -0.39 is 0 Å². The molecular formula is C21H30N2O2. The molecule has 0 spiro atoms. The minimum Gasteiger partial charge on any atom is -0.446 e. The molecule has 25 heavy (non-hydrogen) atoms. The maximum Gasteiger partial charge on any atom is 0.407 e. The van der Waals surface area contributed by atoms with Crippen LogP contribution in [0.25, 0.3) is 0 Å². The lowest BCUT2D eigenvalue weighted by Gasteiger charge is -2.43. The first-order valence-electron chi connectivity index (χ1n) is 10.0. The van der Waals surface area contributed by atoms with Gasteiger partial charge in [-0.25, -0.2) is 4.79 Å². The lowest BCUT2D eigenvalue weighted by molar-refractivity contribution is 0.0146. The van der Waals surface area contributed by atoms with E-state index in [-0.39, 0.29) is 12.2 Å². The van der Waals surface area contributed by atoms with E-state index in [9.17, 15) is 4.79 Å². The number of aryl methyl sites for hydroxylation is 1. The van der Waals surface area contributed by atoms with Gasteiger partial charge in [0.25, 0.3) is 0 Å². The van der Waals surface area contributed by atoms with Crippen LogP contribution in [0.3, 0.4) is 0 Å². The van der Waals surface area contributed by atoms with Crippen molar-refractivity contribution < 1.29 is 9.53 Å². The second-order valence-electron chi connectivity index (χ2n) is 8.02. The van der Waals surface area contributed by atoms with Crippen LogP contribution in [0.4, 0.5) is 4.79 Å². The van der Waals surface area contributed by atoms with Crippen molar-refractivity contribution in [3.8, 4) is 0 Å². The number of amides is 1. The number of fused-ring (bicyclic) bond motifs is 4. The van der Waals surface area contributed by atoms with E-state index >= 15 is 0 Å². The van der Waals surface area contributed by atoms with Gasteiger partial charge in [0.2, 0.25) is 0 Å². The average molecular weight is 342 g/mol. The number of rotatable bonds is 5. The topological polar surface area (TPSA) is 41.6 Å². The quantitative estimate of drug-likeness (QED) is 0.831. The first kappa shape index (κ1) is 16.9. The number of nitrogens with one attached hydrogen (secondary N) is 1. The Hall–Kier alpha value is -1.55. The third-order valence-corrected chi connectivity index (χ3v) is 6.31. The molecule has 4 rings (SSSR count). The van der Waals surface area contributed by atoms with Crippen molar-refractivity contribution in [1.29, 1.82) is 0 Å². The Bertz CT molecular complexity index is 577. The van der Waals surface area contributed by atoms with Crippen LogP contribution in [0.15, 0.2) is 30.3 Å². The SMILES string of the molecule is O=C(NCCCc1ccccc1)OC1CC2CC1[C@H]1CCCCN1C2. The molecule has 4 heteroatoms. The van der Waals surface area contributed by atoms with Gasteiger partial charge >= 0.3 is 6.09 Å². The van der Waals surface area contributed by atoms with E-state index in [1.807, 2.05) is 6.07 Å². The zero-order valence-electron chi connectivity index (χ0n) is 15.0. The minimum absolute atomic E-state index is 0.132. The molecule has 1 N–H and O–H groups in total. The number of benzene rings is 1. The van der Waals surface area contributed by atoms with Crippen LogP contribution in [0.2, 0.25) is 0 Å². The predicted octanol–water partition coefficient (Wildman–Crippen LogP) is 3.61. The van der Waals surface area contributed by atoms with Crippen LogP contribution in [0, 0.1) is 11.8 Å². The van der Waals surface area contributed by atoms with Crippen LogP contribution in [0.5, 0.6) is 0 Å². The number of ether oxygens (including phenoxy) is 1. The van der Waals surface area contributed by atoms with Gasteiger partial charge in [-0.2, -0.15) is 0 Å². The van der Waals surface area contributed by atoms with Gasteiger partial charge in [-0.05, 0) is 56.6 Å². The summed E-state index contributed by atoms with van der Waals surface area (Å²) < 4.78 is 5.85. The van der Waals surface area contributed by atoms with E-state index in [1.165, 1.54) is 44.3 Å². The molecular weight excluding hydrogens is 312 g/mol. The van der Waals surface area contributed by atoms with Crippen molar-refractivity contribution in [2.45, 2.75) is 57.1 Å². The minimum atomic E-state index is -0.215. The standard InChI is InChI=1S/C21H30N2O2/c24-21(22-11-6-9-16-7-2-1-3-8-16)25-20-14-17-13-18(20)19-10-4-5-12-23(19)15-17/h1-3,7-8,17-20H,4-6,9-15H2,(H,22,24)/t17?,18?,19-,20?/m1/s1. The van der Waals surface area contributed by atoms with E-state index in [1.54, 1.807) is 0 Å². The number of hydrogen-bond donors (Lipinski definition) is 1. The van der Waals surface area contributed by atoms with Crippen molar-refractivity contribution in [2.75, 3.05) is 19.6 Å². The van der Waals surface area contributed by atoms with Gasteiger partial charge in [0, 0.05) is 25.0 Å². The van der Waals surface area contributed by atoms with E-state index in [0.29, 0.717) is 18.5 Å². The Balaban J connectivity index is 1.21. The summed E-state index contributed by atoms with van der Waals surface area (Å²) in [6, 6.07) is 11.1. The molecule has 0 radical (unpaired) electrons. The van der Waals surface area contributed by atoms with Crippen molar-refractivity contribution in [2.24, 2.45) is 11.8 Å². The summed E-state index contributed by atoms with van der Waals surface area (Å²) in [6.07, 6.45) is 8.14. The molecule has 1 saturated carbocycles. The highest BCUT2D eigenvalue weighted by atomic mass is 16.6. The van der Waals surface area contributed by atoms with Crippen LogP contribution in [-0.4, -0.2) is 42.8 Å². The van der Waals surface area contributed by atoms with Gasteiger partial charge in [-0.1, -0.05) is 36.8 Å². The van der Waals surface area contributed by atoms with Gasteiger partial charge in [0.15, 0.2) is 0 Å². The maximum absolute atomic E-state index is 12.2. The third-order valence-electron chi connectivity index (χ3n) is 6.31. The summed E-state index contributed by atoms with van der Waals surface area (Å²) >= 11 is 0. The molecule has 136 valence electrons. The molecule has 3 fully saturated rings. The van der Waals surface area contributed by atoms with Crippen molar-refractivity contribution >= 4 is 6.09 Å². The fourth-order valence-corrected chi connectivity index (χ4v) is 5.19. The zero-order valence-corrected chi connectivity index (χ0v) is 15.0. The lowest BCUT2D eigenvalue weighted by atomic mass is 9.84. The molecule has 2 bridgehead atoms. The Morgan fingerprint density at radius 3 is 2.96 bits per heavy atom. The van der Waals surface area contributed by atoms with Crippen LogP contribution in [-0.2, 0) is 11.2 Å². The number of hydrogen-bond acceptors (Lipinski definition) is 3. The first-order chi connectivity index (χ1) is 12.3. The highest BCUT2D eigenvalue weighted by molar-refractivity contribution is 5.67. The summed E-state index contributed by atoms with van der Waals surface area (Å²) in [5, 5.41) is 2.96. The van der Waals surface area contributed by atoms with Crippen LogP contribution < -0.4 is 5.32 Å². The van der Waals surface area contributed by atoms with Gasteiger partial charge in [-0.15, -0.1) is 0 Å². The predicted molar refractivity (Wildman–Crippen MR) is 98.5 cm³/mol. The Labute approximate surface area is 150 Å². The molecule has 3 unspecified atom stereocenters. The number of alkyl carbamates (subject to hydrolysis) is 1. The smallest absolute Gasteiger partial charge is 0.407 e. The maximum atomic E-state index is 12.2. The van der Waals surface area contributed by atoms with Crippen molar-refractivity contribution in [1.82, 2.24) is 10.2 Å². The Morgan fingerprint density at radius 2 is 2.08 bits per heavy atom. The summed E-state index contributed by atoms with van der Waals surface area (Å²) in [6.45, 7) is 3.15. The summed E-state index contributed by atoms with van der Waals surface area (Å²) in [5.74, 6) is 1.30. The number of carbonyl (C=O) groups is 1. The molecule has 1 aromatic rings. The number of nitrogens with zero attached hydrogens (tertiary/aromatic N) is 1. The van der Waals surface area contributed by atoms with E-state index in [0.717, 1.165) is 25.2 Å². The summed E-state index contributed by atoms with van der Waals surface area (Å²) in [7, 11) is 0. The van der Waals surface area contributed by atoms with Crippen LogP contribution in [0.1, 0.15) is 44.1 Å². The third kappa shape index (κ3) is 4.00. The van der Waals surface area contributed by atoms with Gasteiger partial charge in [0.1, 0.15) is 6.10 Å². The van der Waals surface area contributed by atoms with Crippen LogP contribution >= 0.6 is 0 Å². The molecule has 2 aliphatic heterocycles. The monoisotopic (exact) mass is 342 g/mol. The molecule has 4 atom stereocenters. The Morgan fingerprint density at radius 1 is 1.20 bits per heavy atom. The largest absolute Gasteiger partial charge is 0.446 e. The normalized spacial score (nSPS) is 31.4. The highest BCUT2D eigenvalue weighted by Gasteiger charge is 2.48. The lowest BCUT2D eigenvalue weighted by Crippen LogP contribution is -2.50.